The molecule has 2 aliphatic carbocycles. The Hall–Kier alpha value is -4.56. The summed E-state index contributed by atoms with van der Waals surface area (Å²) in [6.07, 6.45) is 4.19. The van der Waals surface area contributed by atoms with Crippen LogP contribution in [0.4, 0.5) is 18.0 Å². The molecule has 3 fully saturated rings. The number of nitrogens with zero attached hydrogens (tertiary/aromatic N) is 3. The molecule has 4 amide bonds. The second kappa shape index (κ2) is 15.5. The molecule has 3 aromatic rings. The zero-order chi connectivity index (χ0) is 39.9. The number of sulfonamides is 1. The third-order valence-electron chi connectivity index (χ3n) is 10.2. The van der Waals surface area contributed by atoms with Crippen LogP contribution in [0.15, 0.2) is 57.3 Å². The van der Waals surface area contributed by atoms with Gasteiger partial charge in [-0.25, -0.2) is 14.2 Å². The molecule has 3 aliphatic rings. The summed E-state index contributed by atoms with van der Waals surface area (Å²) < 4.78 is 71.1. The van der Waals surface area contributed by atoms with E-state index in [2.05, 4.69) is 22.3 Å². The lowest BCUT2D eigenvalue weighted by molar-refractivity contribution is -0.141. The maximum atomic E-state index is 14.4. The SMILES string of the molecule is C=C[C@@H]1C[C@]1(NC(=O)[C@@H]1C[C@@H](n2ncc(-c3ccsc3)c(-c3ccsc3)c2=O)CN1C(=O)[C@@H](NC(=O)OC1CCCC1)C(C)C)C(=O)NS(=O)(=O)C(F)(F)F. The fraction of sp³-hybridized carbons (Fsp3) is 0.486. The fourth-order valence-corrected chi connectivity index (χ4v) is 9.00. The molecule has 296 valence electrons. The van der Waals surface area contributed by atoms with E-state index < -0.39 is 80.4 Å². The van der Waals surface area contributed by atoms with Crippen molar-refractivity contribution in [1.29, 1.82) is 0 Å². The molecular weight excluding hydrogens is 786 g/mol. The van der Waals surface area contributed by atoms with E-state index in [1.807, 2.05) is 22.2 Å². The van der Waals surface area contributed by atoms with Gasteiger partial charge in [0.25, 0.3) is 11.5 Å². The molecule has 14 nitrogen and oxygen atoms in total. The summed E-state index contributed by atoms with van der Waals surface area (Å²) in [6.45, 7) is 6.63. The number of hydrogen-bond acceptors (Lipinski definition) is 11. The molecular formula is C35H39F3N6O8S3. The molecule has 0 bridgehead atoms. The van der Waals surface area contributed by atoms with Gasteiger partial charge < -0.3 is 20.3 Å². The molecule has 3 N–H and O–H groups in total. The minimum atomic E-state index is -6.13. The number of likely N-dealkylation sites (tertiary alicyclic amines) is 1. The Bertz CT molecular complexity index is 2120. The number of halogens is 3. The Morgan fingerprint density at radius 2 is 1.75 bits per heavy atom. The lowest BCUT2D eigenvalue weighted by atomic mass is 10.0. The number of aromatic nitrogens is 2. The van der Waals surface area contributed by atoms with E-state index in [0.29, 0.717) is 29.5 Å². The van der Waals surface area contributed by atoms with Crippen molar-refractivity contribution < 1.29 is 45.5 Å². The predicted molar refractivity (Wildman–Crippen MR) is 197 cm³/mol. The van der Waals surface area contributed by atoms with E-state index in [-0.39, 0.29) is 25.5 Å². The van der Waals surface area contributed by atoms with Crippen LogP contribution in [0.25, 0.3) is 22.3 Å². The van der Waals surface area contributed by atoms with Gasteiger partial charge in [0.15, 0.2) is 0 Å². The van der Waals surface area contributed by atoms with Gasteiger partial charge >= 0.3 is 21.6 Å². The second-order valence-electron chi connectivity index (χ2n) is 14.2. The van der Waals surface area contributed by atoms with Crippen molar-refractivity contribution in [3.8, 4) is 22.3 Å². The third-order valence-corrected chi connectivity index (χ3v) is 12.6. The highest BCUT2D eigenvalue weighted by Gasteiger charge is 2.63. The number of ether oxygens (including phenoxy) is 1. The van der Waals surface area contributed by atoms with Crippen molar-refractivity contribution in [2.75, 3.05) is 6.54 Å². The van der Waals surface area contributed by atoms with Crippen LogP contribution in [0, 0.1) is 11.8 Å². The van der Waals surface area contributed by atoms with Crippen LogP contribution in [0.3, 0.4) is 0 Å². The van der Waals surface area contributed by atoms with Gasteiger partial charge in [-0.1, -0.05) is 19.9 Å². The van der Waals surface area contributed by atoms with Crippen molar-refractivity contribution in [1.82, 2.24) is 30.0 Å². The van der Waals surface area contributed by atoms with Gasteiger partial charge in [0.05, 0.1) is 17.8 Å². The summed E-state index contributed by atoms with van der Waals surface area (Å²) in [6, 6.07) is 0.0295. The first-order chi connectivity index (χ1) is 26.0. The number of rotatable bonds is 12. The van der Waals surface area contributed by atoms with Gasteiger partial charge in [0.1, 0.15) is 23.7 Å². The first-order valence-electron chi connectivity index (χ1n) is 17.5. The zero-order valence-electron chi connectivity index (χ0n) is 29.7. The van der Waals surface area contributed by atoms with Crippen LogP contribution < -0.4 is 20.9 Å². The number of alkyl carbamates (subject to hydrolysis) is 1. The normalized spacial score (nSPS) is 23.3. The van der Waals surface area contributed by atoms with Crippen LogP contribution in [-0.4, -0.2) is 82.7 Å². The van der Waals surface area contributed by atoms with E-state index in [0.717, 1.165) is 28.0 Å². The summed E-state index contributed by atoms with van der Waals surface area (Å²) in [7, 11) is -6.13. The van der Waals surface area contributed by atoms with Gasteiger partial charge in [0.2, 0.25) is 11.8 Å². The van der Waals surface area contributed by atoms with E-state index in [4.69, 9.17) is 4.74 Å². The molecule has 0 radical (unpaired) electrons. The number of carbonyl (C=O) groups is 4. The Balaban J connectivity index is 1.35. The molecule has 1 saturated heterocycles. The molecule has 0 spiro atoms. The minimum absolute atomic E-state index is 0.236. The quantitative estimate of drug-likeness (QED) is 0.220. The van der Waals surface area contributed by atoms with E-state index in [1.54, 1.807) is 25.3 Å². The Morgan fingerprint density at radius 1 is 1.09 bits per heavy atom. The molecule has 4 heterocycles. The minimum Gasteiger partial charge on any atom is -0.446 e. The van der Waals surface area contributed by atoms with Crippen LogP contribution >= 0.6 is 22.7 Å². The van der Waals surface area contributed by atoms with Gasteiger partial charge in [0, 0.05) is 24.4 Å². The van der Waals surface area contributed by atoms with Crippen LogP contribution in [-0.2, 0) is 29.1 Å². The summed E-state index contributed by atoms with van der Waals surface area (Å²) >= 11 is 2.81. The number of hydrogen-bond donors (Lipinski definition) is 3. The summed E-state index contributed by atoms with van der Waals surface area (Å²) in [5.41, 5.74) is -6.16. The van der Waals surface area contributed by atoms with E-state index in [1.165, 1.54) is 39.6 Å². The lowest BCUT2D eigenvalue weighted by Gasteiger charge is -2.31. The molecule has 5 atom stereocenters. The second-order valence-corrected chi connectivity index (χ2v) is 17.4. The van der Waals surface area contributed by atoms with Crippen LogP contribution in [0.5, 0.6) is 0 Å². The van der Waals surface area contributed by atoms with Crippen molar-refractivity contribution in [3.63, 3.8) is 0 Å². The van der Waals surface area contributed by atoms with Gasteiger partial charge in [-0.15, -0.1) is 6.58 Å². The first kappa shape index (κ1) is 40.1. The number of thiophene rings is 2. The molecule has 3 aromatic heterocycles. The maximum absolute atomic E-state index is 14.4. The standard InChI is InChI=1S/C35H39F3N6O8S3/c1-4-22-14-34(22,32(48)42-55(50,51)35(36,37)38)41-29(45)26-13-23(16-43(26)31(47)28(19(2)3)40-33(49)52-24-7-5-6-8-24)44-30(46)27(21-10-12-54-18-21)25(15-39-44)20-9-11-53-17-20/h4,9-12,15,17-19,22-24,26,28H,1,5-8,13-14,16H2,2-3H3,(H,40,49)(H,41,45)(H,42,48)/t22-,23-,26+,28+,34-/m1/s1. The highest BCUT2D eigenvalue weighted by molar-refractivity contribution is 7.90. The monoisotopic (exact) mass is 824 g/mol. The Kier molecular flexibility index (Phi) is 11.3. The summed E-state index contributed by atoms with van der Waals surface area (Å²) in [5.74, 6) is -4.83. The zero-order valence-corrected chi connectivity index (χ0v) is 32.2. The number of amides is 4. The maximum Gasteiger partial charge on any atom is 0.516 e. The fourth-order valence-electron chi connectivity index (χ4n) is 7.15. The Morgan fingerprint density at radius 3 is 2.31 bits per heavy atom. The molecule has 20 heteroatoms. The van der Waals surface area contributed by atoms with Crippen molar-refractivity contribution >= 4 is 56.5 Å². The third kappa shape index (κ3) is 8.07. The molecule has 0 unspecified atom stereocenters. The highest BCUT2D eigenvalue weighted by atomic mass is 32.2. The average Bonchev–Trinajstić information content (AvgIpc) is 3.80. The summed E-state index contributed by atoms with van der Waals surface area (Å²) in [5, 5.41) is 16.8. The van der Waals surface area contributed by atoms with E-state index >= 15 is 0 Å². The topological polar surface area (TPSA) is 186 Å². The van der Waals surface area contributed by atoms with Crippen LogP contribution in [0.2, 0.25) is 0 Å². The summed E-state index contributed by atoms with van der Waals surface area (Å²) in [4.78, 5) is 70.2. The molecule has 2 saturated carbocycles. The predicted octanol–water partition coefficient (Wildman–Crippen LogP) is 4.56. The van der Waals surface area contributed by atoms with Crippen molar-refractivity contribution in [3.05, 3.63) is 62.9 Å². The highest BCUT2D eigenvalue weighted by Crippen LogP contribution is 2.46. The van der Waals surface area contributed by atoms with Crippen molar-refractivity contribution in [2.24, 2.45) is 11.8 Å². The molecule has 1 aliphatic heterocycles. The van der Waals surface area contributed by atoms with Crippen molar-refractivity contribution in [2.45, 2.75) is 87.6 Å². The largest absolute Gasteiger partial charge is 0.516 e. The lowest BCUT2D eigenvalue weighted by Crippen LogP contribution is -2.59. The molecule has 0 aromatic carbocycles. The number of nitrogens with one attached hydrogen (secondary N) is 3. The first-order valence-corrected chi connectivity index (χ1v) is 20.9. The Labute approximate surface area is 322 Å². The smallest absolute Gasteiger partial charge is 0.446 e. The van der Waals surface area contributed by atoms with Crippen LogP contribution in [0.1, 0.15) is 58.4 Å². The van der Waals surface area contributed by atoms with E-state index in [9.17, 15) is 45.6 Å². The van der Waals surface area contributed by atoms with Gasteiger partial charge in [-0.3, -0.25) is 19.2 Å². The van der Waals surface area contributed by atoms with Gasteiger partial charge in [-0.05, 0) is 82.8 Å². The number of carbonyl (C=O) groups excluding carboxylic acids is 4. The molecule has 6 rings (SSSR count). The number of alkyl halides is 3. The van der Waals surface area contributed by atoms with Gasteiger partial charge in [-0.2, -0.15) is 49.4 Å². The average molecular weight is 825 g/mol. The molecule has 55 heavy (non-hydrogen) atoms.